The van der Waals surface area contributed by atoms with Gasteiger partial charge < -0.3 is 51.1 Å². The number of aliphatic hydroxyl groups excluding tert-OH is 9. The van der Waals surface area contributed by atoms with E-state index in [9.17, 15) is 55.5 Å². The monoisotopic (exact) mass is 826 g/mol. The molecule has 0 amide bonds. The van der Waals surface area contributed by atoms with Gasteiger partial charge in [0.2, 0.25) is 0 Å². The van der Waals surface area contributed by atoms with Gasteiger partial charge in [0.1, 0.15) is 24.4 Å². The molecular formula is C47H70O12. The van der Waals surface area contributed by atoms with Gasteiger partial charge in [0, 0.05) is 18.8 Å². The first kappa shape index (κ1) is 55.2. The minimum absolute atomic E-state index is 0.0910. The fourth-order valence-corrected chi connectivity index (χ4v) is 5.80. The summed E-state index contributed by atoms with van der Waals surface area (Å²) in [6.45, 7) is 0. The third kappa shape index (κ3) is 35.9. The highest BCUT2D eigenvalue weighted by Gasteiger charge is 2.22. The van der Waals surface area contributed by atoms with Gasteiger partial charge in [-0.3, -0.25) is 4.79 Å². The van der Waals surface area contributed by atoms with Crippen molar-refractivity contribution < 1.29 is 60.7 Å². The second kappa shape index (κ2) is 37.3. The zero-order valence-electron chi connectivity index (χ0n) is 34.6. The van der Waals surface area contributed by atoms with E-state index in [2.05, 4.69) is 29.6 Å². The molecule has 0 saturated carbocycles. The zero-order valence-corrected chi connectivity index (χ0v) is 34.6. The van der Waals surface area contributed by atoms with Crippen molar-refractivity contribution in [2.45, 2.75) is 196 Å². The quantitative estimate of drug-likeness (QED) is 0.0202. The number of carboxylic acid groups (broad SMARTS) is 1. The van der Waals surface area contributed by atoms with E-state index in [4.69, 9.17) is 11.5 Å². The molecule has 0 aromatic heterocycles. The maximum Gasteiger partial charge on any atom is 0.381 e. The largest absolute Gasteiger partial charge is 0.472 e. The van der Waals surface area contributed by atoms with E-state index < -0.39 is 60.9 Å². The van der Waals surface area contributed by atoms with Crippen LogP contribution < -0.4 is 0 Å². The Hall–Kier alpha value is -3.76. The molecule has 12 nitrogen and oxygen atoms in total. The van der Waals surface area contributed by atoms with Crippen LogP contribution in [0.4, 0.5) is 0 Å². The fourth-order valence-electron chi connectivity index (χ4n) is 5.80. The lowest BCUT2D eigenvalue weighted by molar-refractivity contribution is -0.130. The summed E-state index contributed by atoms with van der Waals surface area (Å²) in [5.74, 6) is 14.7. The molecule has 0 aliphatic carbocycles. The molecule has 59 heavy (non-hydrogen) atoms. The maximum absolute atomic E-state index is 12.1. The number of allylic oxidation sites excluding steroid dienone is 3. The van der Waals surface area contributed by atoms with Crippen molar-refractivity contribution in [2.24, 2.45) is 0 Å². The molecule has 0 bridgehead atoms. The lowest BCUT2D eigenvalue weighted by atomic mass is 10.0. The van der Waals surface area contributed by atoms with Crippen molar-refractivity contribution in [1.82, 2.24) is 0 Å². The van der Waals surface area contributed by atoms with Gasteiger partial charge in [0.05, 0.1) is 24.4 Å². The lowest BCUT2D eigenvalue weighted by Crippen LogP contribution is -2.36. The maximum atomic E-state index is 12.1. The van der Waals surface area contributed by atoms with Crippen molar-refractivity contribution in [3.63, 3.8) is 0 Å². The lowest BCUT2D eigenvalue weighted by Gasteiger charge is -2.19. The van der Waals surface area contributed by atoms with Crippen molar-refractivity contribution in [3.05, 3.63) is 36.5 Å². The highest BCUT2D eigenvalue weighted by Crippen LogP contribution is 2.15. The number of aliphatic hydroxyl groups is 9. The normalized spacial score (nSPS) is 16.0. The van der Waals surface area contributed by atoms with Crippen molar-refractivity contribution in [3.8, 4) is 47.9 Å². The van der Waals surface area contributed by atoms with Gasteiger partial charge >= 0.3 is 5.97 Å². The number of carbonyl (C=O) groups excluding carboxylic acids is 1. The van der Waals surface area contributed by atoms with Gasteiger partial charge in [0.15, 0.2) is 11.9 Å². The number of terminal acetylenes is 1. The Balaban J connectivity index is 3.87. The molecule has 330 valence electrons. The number of aliphatic carboxylic acids is 1. The summed E-state index contributed by atoms with van der Waals surface area (Å²) in [4.78, 5) is 22.5. The van der Waals surface area contributed by atoms with Crippen LogP contribution in [0, 0.1) is 47.9 Å². The molecule has 0 aliphatic rings. The van der Waals surface area contributed by atoms with Gasteiger partial charge in [0.25, 0.3) is 0 Å². The van der Waals surface area contributed by atoms with Crippen LogP contribution in [-0.2, 0) is 9.59 Å². The van der Waals surface area contributed by atoms with Crippen molar-refractivity contribution in [1.29, 1.82) is 0 Å². The van der Waals surface area contributed by atoms with Gasteiger partial charge in [-0.25, -0.2) is 4.79 Å². The minimum Gasteiger partial charge on any atom is -0.472 e. The van der Waals surface area contributed by atoms with E-state index in [0.717, 1.165) is 64.2 Å². The molecule has 10 N–H and O–H groups in total. The summed E-state index contributed by atoms with van der Waals surface area (Å²) >= 11 is 0. The Morgan fingerprint density at radius 3 is 1.81 bits per heavy atom. The molecule has 0 aliphatic heterocycles. The fraction of sp³-hybridized carbons (Fsp3) is 0.660. The third-order valence-corrected chi connectivity index (χ3v) is 9.29. The third-order valence-electron chi connectivity index (χ3n) is 9.29. The smallest absolute Gasteiger partial charge is 0.381 e. The predicted molar refractivity (Wildman–Crippen MR) is 228 cm³/mol. The molecule has 0 spiro atoms. The molecule has 0 fully saturated rings. The first-order valence-corrected chi connectivity index (χ1v) is 21.1. The number of hydrogen-bond donors (Lipinski definition) is 10. The molecule has 0 aromatic rings. The van der Waals surface area contributed by atoms with Crippen LogP contribution in [0.3, 0.4) is 0 Å². The molecule has 0 saturated heterocycles. The van der Waals surface area contributed by atoms with Crippen molar-refractivity contribution in [2.75, 3.05) is 0 Å². The van der Waals surface area contributed by atoms with Gasteiger partial charge in [-0.1, -0.05) is 118 Å². The predicted octanol–water partition coefficient (Wildman–Crippen LogP) is 3.78. The Labute approximate surface area is 352 Å². The zero-order chi connectivity index (χ0) is 44.1. The van der Waals surface area contributed by atoms with Gasteiger partial charge in [-0.15, -0.1) is 6.42 Å². The summed E-state index contributed by atoms with van der Waals surface area (Å²) in [5.41, 5.74) is 0. The molecular weight excluding hydrogens is 757 g/mol. The molecule has 0 radical (unpaired) electrons. The molecule has 12 heteroatoms. The number of carboxylic acids is 1. The number of ketones is 1. The van der Waals surface area contributed by atoms with E-state index in [-0.39, 0.29) is 12.2 Å². The van der Waals surface area contributed by atoms with Crippen LogP contribution in [0.25, 0.3) is 0 Å². The highest BCUT2D eigenvalue weighted by molar-refractivity contribution is 5.89. The van der Waals surface area contributed by atoms with Crippen LogP contribution in [0.2, 0.25) is 0 Å². The van der Waals surface area contributed by atoms with E-state index in [1.165, 1.54) is 12.2 Å². The molecule has 9 atom stereocenters. The van der Waals surface area contributed by atoms with Crippen LogP contribution in [0.15, 0.2) is 36.5 Å². The van der Waals surface area contributed by atoms with Crippen LogP contribution in [-0.4, -0.2) is 118 Å². The summed E-state index contributed by atoms with van der Waals surface area (Å²) in [6, 6.07) is 0. The Morgan fingerprint density at radius 2 is 1.17 bits per heavy atom. The summed E-state index contributed by atoms with van der Waals surface area (Å²) in [5, 5.41) is 97.2. The topological polar surface area (TPSA) is 236 Å². The van der Waals surface area contributed by atoms with Crippen molar-refractivity contribution >= 4 is 11.8 Å². The Morgan fingerprint density at radius 1 is 0.576 bits per heavy atom. The van der Waals surface area contributed by atoms with E-state index in [0.29, 0.717) is 70.6 Å². The molecule has 0 aromatic carbocycles. The van der Waals surface area contributed by atoms with Gasteiger partial charge in [-0.2, -0.15) is 0 Å². The SMILES string of the molecule is C#CC(O)/C=C/C(O)CCCC(O)CC#CC(O)C#CC(O)CCCC(O)/C=C/CCCC(=O)/C=C/CCCCCCCCCCCCC(O)C(O)C(O)C#CC(=O)O. The van der Waals surface area contributed by atoms with E-state index >= 15 is 0 Å². The second-order valence-corrected chi connectivity index (χ2v) is 14.8. The average Bonchev–Trinajstić information content (AvgIpc) is 3.20. The first-order valence-electron chi connectivity index (χ1n) is 21.1. The number of carbonyl (C=O) groups is 2. The highest BCUT2D eigenvalue weighted by atomic mass is 16.4. The van der Waals surface area contributed by atoms with Crippen LogP contribution in [0.5, 0.6) is 0 Å². The Bertz CT molecular complexity index is 1450. The Kier molecular flexibility index (Phi) is 34.9. The van der Waals surface area contributed by atoms with Crippen LogP contribution >= 0.6 is 0 Å². The van der Waals surface area contributed by atoms with E-state index in [1.54, 1.807) is 18.1 Å². The summed E-state index contributed by atoms with van der Waals surface area (Å²) < 4.78 is 0. The first-order chi connectivity index (χ1) is 28.2. The molecule has 9 unspecified atom stereocenters. The van der Waals surface area contributed by atoms with E-state index in [1.807, 2.05) is 18.1 Å². The number of rotatable bonds is 32. The summed E-state index contributed by atoms with van der Waals surface area (Å²) in [6.07, 6.45) is 21.4. The average molecular weight is 827 g/mol. The van der Waals surface area contributed by atoms with Gasteiger partial charge in [-0.05, 0) is 82.8 Å². The minimum atomic E-state index is -1.60. The number of unbranched alkanes of at least 4 members (excludes halogenated alkanes) is 11. The summed E-state index contributed by atoms with van der Waals surface area (Å²) in [7, 11) is 0. The molecule has 0 rings (SSSR count). The van der Waals surface area contributed by atoms with Crippen LogP contribution in [0.1, 0.15) is 141 Å². The second-order valence-electron chi connectivity index (χ2n) is 14.8. The standard InChI is InChI=1S/C47H70O12/c1-2-37(48)31-32-41(52)27-19-25-40(51)26-20-29-43(54)34-33-42(53)28-18-24-39(50)23-16-13-15-22-38(49)21-14-11-9-7-5-3-4-6-8-10-12-17-30-44(55)47(59)45(56)35-36-46(57)58/h1,14,16,21,23,31-32,37,39-45,47-48,50-56,59H,3-13,15,17-19,22,24-28,30H2,(H,57,58)/b21-14+,23-16+,32-31+. The number of hydrogen-bond acceptors (Lipinski definition) is 11. The molecule has 0 heterocycles.